The molecule has 0 atom stereocenters. The van der Waals surface area contributed by atoms with Crippen molar-refractivity contribution in [3.63, 3.8) is 0 Å². The standard InChI is InChI=1S/C33H27NO/c1-2-7-22(6-1)18-23-16-17-34-31(19-23)26-13-15-32-30(20-26)29-14-12-25(21-33(29)35-32)28-11-5-9-24-8-3-4-10-27(24)28/h3-5,8-17,19-22H,1-2,6-7,18H2. The Bertz CT molecular complexity index is 1680. The van der Waals surface area contributed by atoms with Gasteiger partial charge < -0.3 is 4.42 Å². The van der Waals surface area contributed by atoms with Crippen LogP contribution in [-0.4, -0.2) is 4.98 Å². The average molecular weight is 454 g/mol. The van der Waals surface area contributed by atoms with Crippen molar-refractivity contribution in [3.8, 4) is 22.4 Å². The second-order valence-corrected chi connectivity index (χ2v) is 9.95. The summed E-state index contributed by atoms with van der Waals surface area (Å²) in [5.41, 5.74) is 7.84. The maximum atomic E-state index is 6.31. The number of nitrogens with zero attached hydrogens (tertiary/aromatic N) is 1. The molecule has 0 saturated heterocycles. The maximum Gasteiger partial charge on any atom is 0.136 e. The highest BCUT2D eigenvalue weighted by atomic mass is 16.3. The molecule has 4 aromatic carbocycles. The molecular formula is C33H27NO. The minimum Gasteiger partial charge on any atom is -0.456 e. The molecule has 0 aliphatic heterocycles. The molecule has 2 aromatic heterocycles. The van der Waals surface area contributed by atoms with E-state index in [0.29, 0.717) is 0 Å². The van der Waals surface area contributed by atoms with Gasteiger partial charge in [-0.15, -0.1) is 0 Å². The quantitative estimate of drug-likeness (QED) is 0.266. The molecule has 0 radical (unpaired) electrons. The summed E-state index contributed by atoms with van der Waals surface area (Å²) in [5, 5.41) is 4.80. The molecule has 1 saturated carbocycles. The Morgan fingerprint density at radius 3 is 2.49 bits per heavy atom. The molecule has 0 bridgehead atoms. The fourth-order valence-electron chi connectivity index (χ4n) is 5.89. The van der Waals surface area contributed by atoms with Gasteiger partial charge in [-0.25, -0.2) is 0 Å². The summed E-state index contributed by atoms with van der Waals surface area (Å²) in [6, 6.07) is 32.5. The molecule has 2 heteroatoms. The topological polar surface area (TPSA) is 26.0 Å². The monoisotopic (exact) mass is 453 g/mol. The van der Waals surface area contributed by atoms with E-state index in [4.69, 9.17) is 9.40 Å². The van der Waals surface area contributed by atoms with Gasteiger partial charge in [0, 0.05) is 22.5 Å². The summed E-state index contributed by atoms with van der Waals surface area (Å²) < 4.78 is 6.31. The first kappa shape index (κ1) is 20.5. The third-order valence-electron chi connectivity index (χ3n) is 7.69. The summed E-state index contributed by atoms with van der Waals surface area (Å²) in [7, 11) is 0. The van der Waals surface area contributed by atoms with Gasteiger partial charge in [-0.2, -0.15) is 0 Å². The van der Waals surface area contributed by atoms with Crippen LogP contribution < -0.4 is 0 Å². The molecule has 2 heterocycles. The molecule has 0 unspecified atom stereocenters. The molecule has 0 amide bonds. The van der Waals surface area contributed by atoms with E-state index in [-0.39, 0.29) is 0 Å². The highest BCUT2D eigenvalue weighted by molar-refractivity contribution is 6.08. The Kier molecular flexibility index (Phi) is 4.91. The lowest BCUT2D eigenvalue weighted by atomic mass is 9.96. The van der Waals surface area contributed by atoms with E-state index in [1.54, 1.807) is 0 Å². The van der Waals surface area contributed by atoms with Crippen molar-refractivity contribution in [3.05, 3.63) is 103 Å². The number of hydrogen-bond acceptors (Lipinski definition) is 2. The molecule has 1 aliphatic carbocycles. The van der Waals surface area contributed by atoms with Crippen LogP contribution in [0.5, 0.6) is 0 Å². The summed E-state index contributed by atoms with van der Waals surface area (Å²) in [5.74, 6) is 0.835. The normalized spacial score (nSPS) is 14.4. The minimum absolute atomic E-state index is 0.835. The maximum absolute atomic E-state index is 6.31. The minimum atomic E-state index is 0.835. The van der Waals surface area contributed by atoms with Gasteiger partial charge in [-0.1, -0.05) is 74.2 Å². The van der Waals surface area contributed by atoms with E-state index in [1.165, 1.54) is 59.6 Å². The molecule has 1 fully saturated rings. The average Bonchev–Trinajstić information content (AvgIpc) is 3.55. The van der Waals surface area contributed by atoms with Crippen molar-refractivity contribution in [1.82, 2.24) is 4.98 Å². The Labute approximate surface area is 205 Å². The molecular weight excluding hydrogens is 426 g/mol. The molecule has 170 valence electrons. The first-order chi connectivity index (χ1) is 17.3. The van der Waals surface area contributed by atoms with Crippen LogP contribution in [0.15, 0.2) is 102 Å². The van der Waals surface area contributed by atoms with Gasteiger partial charge in [0.05, 0.1) is 5.69 Å². The number of benzene rings is 4. The van der Waals surface area contributed by atoms with Gasteiger partial charge in [-0.3, -0.25) is 4.98 Å². The zero-order valence-electron chi connectivity index (χ0n) is 19.7. The van der Waals surface area contributed by atoms with Crippen LogP contribution in [0.25, 0.3) is 55.1 Å². The molecule has 35 heavy (non-hydrogen) atoms. The summed E-state index contributed by atoms with van der Waals surface area (Å²) in [6.07, 6.45) is 8.64. The van der Waals surface area contributed by atoms with Crippen molar-refractivity contribution in [2.75, 3.05) is 0 Å². The van der Waals surface area contributed by atoms with Gasteiger partial charge in [0.25, 0.3) is 0 Å². The largest absolute Gasteiger partial charge is 0.456 e. The van der Waals surface area contributed by atoms with E-state index in [0.717, 1.165) is 39.1 Å². The molecule has 0 spiro atoms. The van der Waals surface area contributed by atoms with E-state index >= 15 is 0 Å². The van der Waals surface area contributed by atoms with Crippen LogP contribution in [0.2, 0.25) is 0 Å². The number of hydrogen-bond donors (Lipinski definition) is 0. The first-order valence-corrected chi connectivity index (χ1v) is 12.7. The molecule has 2 nitrogen and oxygen atoms in total. The predicted molar refractivity (Wildman–Crippen MR) is 146 cm³/mol. The van der Waals surface area contributed by atoms with Crippen LogP contribution >= 0.6 is 0 Å². The van der Waals surface area contributed by atoms with Gasteiger partial charge in [0.1, 0.15) is 11.2 Å². The number of fused-ring (bicyclic) bond motifs is 4. The zero-order chi connectivity index (χ0) is 23.2. The first-order valence-electron chi connectivity index (χ1n) is 12.7. The summed E-state index contributed by atoms with van der Waals surface area (Å²) in [6.45, 7) is 0. The molecule has 6 aromatic rings. The van der Waals surface area contributed by atoms with Crippen molar-refractivity contribution >= 4 is 32.7 Å². The third-order valence-corrected chi connectivity index (χ3v) is 7.69. The third kappa shape index (κ3) is 3.70. The number of pyridine rings is 1. The van der Waals surface area contributed by atoms with E-state index < -0.39 is 0 Å². The Morgan fingerprint density at radius 2 is 1.54 bits per heavy atom. The molecule has 7 rings (SSSR count). The smallest absolute Gasteiger partial charge is 0.136 e. The highest BCUT2D eigenvalue weighted by Crippen LogP contribution is 2.36. The van der Waals surface area contributed by atoms with E-state index in [1.807, 2.05) is 6.20 Å². The SMILES string of the molecule is c1ccc2c(-c3ccc4c(c3)oc3ccc(-c5cc(CC6CCCC6)ccn5)cc34)cccc2c1. The van der Waals surface area contributed by atoms with Crippen molar-refractivity contribution in [2.45, 2.75) is 32.1 Å². The predicted octanol–water partition coefficient (Wildman–Crippen LogP) is 9.20. The van der Waals surface area contributed by atoms with Crippen molar-refractivity contribution in [1.29, 1.82) is 0 Å². The molecule has 0 N–H and O–H groups in total. The molecule has 1 aliphatic rings. The lowest BCUT2D eigenvalue weighted by Gasteiger charge is -2.10. The second-order valence-electron chi connectivity index (χ2n) is 9.95. The second kappa shape index (κ2) is 8.39. The Morgan fingerprint density at radius 1 is 0.686 bits per heavy atom. The lowest BCUT2D eigenvalue weighted by Crippen LogP contribution is -1.99. The number of aromatic nitrogens is 1. The van der Waals surface area contributed by atoms with Gasteiger partial charge >= 0.3 is 0 Å². The van der Waals surface area contributed by atoms with Crippen molar-refractivity contribution in [2.24, 2.45) is 5.92 Å². The van der Waals surface area contributed by atoms with Crippen molar-refractivity contribution < 1.29 is 4.42 Å². The fourth-order valence-corrected chi connectivity index (χ4v) is 5.89. The fraction of sp³-hybridized carbons (Fsp3) is 0.182. The number of furan rings is 1. The lowest BCUT2D eigenvalue weighted by molar-refractivity contribution is 0.546. The van der Waals surface area contributed by atoms with Gasteiger partial charge in [0.2, 0.25) is 0 Å². The summed E-state index contributed by atoms with van der Waals surface area (Å²) in [4.78, 5) is 4.71. The van der Waals surface area contributed by atoms with Crippen LogP contribution in [0, 0.1) is 5.92 Å². The van der Waals surface area contributed by atoms with Gasteiger partial charge in [-0.05, 0) is 82.3 Å². The highest BCUT2D eigenvalue weighted by Gasteiger charge is 2.16. The van der Waals surface area contributed by atoms with Gasteiger partial charge in [0.15, 0.2) is 0 Å². The van der Waals surface area contributed by atoms with Crippen LogP contribution in [-0.2, 0) is 6.42 Å². The zero-order valence-corrected chi connectivity index (χ0v) is 19.7. The van der Waals surface area contributed by atoms with E-state index in [2.05, 4.69) is 91.0 Å². The number of rotatable bonds is 4. The van der Waals surface area contributed by atoms with Crippen LogP contribution in [0.3, 0.4) is 0 Å². The summed E-state index contributed by atoms with van der Waals surface area (Å²) >= 11 is 0. The van der Waals surface area contributed by atoms with Crippen LogP contribution in [0.1, 0.15) is 31.2 Å². The Balaban J connectivity index is 1.28. The van der Waals surface area contributed by atoms with E-state index in [9.17, 15) is 0 Å². The Hall–Kier alpha value is -3.91. The van der Waals surface area contributed by atoms with Crippen LogP contribution in [0.4, 0.5) is 0 Å².